The van der Waals surface area contributed by atoms with Crippen molar-refractivity contribution < 1.29 is 27.4 Å². The average molecular weight is 542 g/mol. The zero-order valence-corrected chi connectivity index (χ0v) is 22.8. The molecule has 2 aromatic rings. The van der Waals surface area contributed by atoms with Crippen LogP contribution in [0, 0.1) is 35.2 Å². The lowest BCUT2D eigenvalue weighted by Crippen LogP contribution is -2.55. The van der Waals surface area contributed by atoms with Crippen molar-refractivity contribution in [1.29, 1.82) is 0 Å². The number of nitrogen functional groups attached to an aromatic ring is 1. The number of halogens is 3. The number of hydrogen-bond donors (Lipinski definition) is 1. The van der Waals surface area contributed by atoms with E-state index in [-0.39, 0.29) is 11.5 Å². The molecule has 0 amide bonds. The minimum atomic E-state index is -1.65. The minimum Gasteiger partial charge on any atom is -0.465 e. The van der Waals surface area contributed by atoms with Crippen LogP contribution >= 0.6 is 0 Å². The van der Waals surface area contributed by atoms with Crippen LogP contribution < -0.4 is 5.73 Å². The smallest absolute Gasteiger partial charge is 0.343 e. The molecular formula is C27H35B2F3N4O3. The number of carbonyl (C=O) groups is 1. The van der Waals surface area contributed by atoms with Gasteiger partial charge in [-0.05, 0) is 61.6 Å². The fourth-order valence-corrected chi connectivity index (χ4v) is 5.53. The van der Waals surface area contributed by atoms with Crippen LogP contribution in [0.5, 0.6) is 0 Å². The fourth-order valence-electron chi connectivity index (χ4n) is 5.53. The van der Waals surface area contributed by atoms with E-state index < -0.39 is 39.9 Å². The number of methoxy groups -OCH3 is 1. The molecular weight excluding hydrogens is 507 g/mol. The number of hydrogen-bond acceptors (Lipinski definition) is 7. The van der Waals surface area contributed by atoms with Crippen LogP contribution in [0.1, 0.15) is 56.3 Å². The summed E-state index contributed by atoms with van der Waals surface area (Å²) in [5, 5.41) is 6.37. The molecule has 5 rings (SSSR count). The second-order valence-corrected chi connectivity index (χ2v) is 9.87. The summed E-state index contributed by atoms with van der Waals surface area (Å²) < 4.78 is 50.9. The Hall–Kier alpha value is -2.59. The molecule has 2 N–H and O–H groups in total. The highest BCUT2D eigenvalue weighted by Gasteiger charge is 2.43. The van der Waals surface area contributed by atoms with Gasteiger partial charge in [0.05, 0.1) is 28.5 Å². The van der Waals surface area contributed by atoms with Gasteiger partial charge in [0.1, 0.15) is 17.2 Å². The van der Waals surface area contributed by atoms with E-state index in [1.807, 2.05) is 13.8 Å². The standard InChI is InChI=1S/C13H21B2NO.C12H8F3N3O2.C2H6/c14-13(15,12-4-6-17-7-5-12)16-8-10-2-1-3-11(10)9-16;1-20-12(19)9-6(13)4-5(10(14)11(9)15)7-2-3-8(16)18-17-7;1-2/h10-12H,1-9H2;2-4H,1H3,(H2,16,18);1-2H3. The summed E-state index contributed by atoms with van der Waals surface area (Å²) in [6.45, 7) is 7.88. The van der Waals surface area contributed by atoms with Crippen molar-refractivity contribution in [3.05, 3.63) is 41.2 Å². The molecule has 12 heteroatoms. The van der Waals surface area contributed by atoms with Gasteiger partial charge in [-0.3, -0.25) is 0 Å². The van der Waals surface area contributed by atoms with Crippen molar-refractivity contribution in [2.45, 2.75) is 51.3 Å². The molecule has 0 bridgehead atoms. The monoisotopic (exact) mass is 542 g/mol. The minimum absolute atomic E-state index is 0.0706. The molecule has 2 aliphatic heterocycles. The van der Waals surface area contributed by atoms with Crippen LogP contribution in [0.3, 0.4) is 0 Å². The Morgan fingerprint density at radius 1 is 1.05 bits per heavy atom. The molecule has 3 fully saturated rings. The lowest BCUT2D eigenvalue weighted by atomic mass is 9.52. The molecule has 4 radical (unpaired) electrons. The summed E-state index contributed by atoms with van der Waals surface area (Å²) in [5.74, 6) is -3.45. The van der Waals surface area contributed by atoms with Gasteiger partial charge in [-0.1, -0.05) is 25.6 Å². The predicted molar refractivity (Wildman–Crippen MR) is 145 cm³/mol. The van der Waals surface area contributed by atoms with Gasteiger partial charge in [-0.25, -0.2) is 18.0 Å². The normalized spacial score (nSPS) is 21.3. The molecule has 2 saturated heterocycles. The Labute approximate surface area is 230 Å². The summed E-state index contributed by atoms with van der Waals surface area (Å²) in [6, 6.07) is 3.19. The van der Waals surface area contributed by atoms with Crippen LogP contribution in [0.25, 0.3) is 11.3 Å². The highest BCUT2D eigenvalue weighted by molar-refractivity contribution is 6.40. The summed E-state index contributed by atoms with van der Waals surface area (Å²) >= 11 is 0. The maximum atomic E-state index is 13.9. The summed E-state index contributed by atoms with van der Waals surface area (Å²) in [4.78, 5) is 13.5. The zero-order chi connectivity index (χ0) is 28.7. The first-order chi connectivity index (χ1) is 18.6. The molecule has 2 atom stereocenters. The Kier molecular flexibility index (Phi) is 10.8. The first kappa shape index (κ1) is 30.9. The van der Waals surface area contributed by atoms with E-state index in [2.05, 4.69) is 19.8 Å². The number of likely N-dealkylation sites (tertiary alicyclic amines) is 1. The maximum Gasteiger partial charge on any atom is 0.343 e. The predicted octanol–water partition coefficient (Wildman–Crippen LogP) is 4.09. The Bertz CT molecular complexity index is 1110. The number of rotatable bonds is 4. The SMILES string of the molecule is CC.COC(=O)c1c(F)cc(-c2ccc(N)nn2)c(F)c1F.[B]C([B])(C1CCOCC1)N1CC2CCCC2C1. The number of fused-ring (bicyclic) bond motifs is 1. The molecule has 39 heavy (non-hydrogen) atoms. The average Bonchev–Trinajstić information content (AvgIpc) is 3.57. The van der Waals surface area contributed by atoms with Crippen molar-refractivity contribution in [3.63, 3.8) is 0 Å². The number of nitrogens with zero attached hydrogens (tertiary/aromatic N) is 3. The number of anilines is 1. The van der Waals surface area contributed by atoms with Crippen molar-refractivity contribution in [1.82, 2.24) is 15.1 Å². The Morgan fingerprint density at radius 3 is 2.21 bits per heavy atom. The molecule has 1 saturated carbocycles. The lowest BCUT2D eigenvalue weighted by Gasteiger charge is -2.45. The summed E-state index contributed by atoms with van der Waals surface area (Å²) in [5.41, 5.74) is 3.62. The third-order valence-corrected chi connectivity index (χ3v) is 7.66. The number of benzene rings is 1. The van der Waals surface area contributed by atoms with Crippen molar-refractivity contribution >= 4 is 27.5 Å². The lowest BCUT2D eigenvalue weighted by molar-refractivity contribution is 0.0375. The van der Waals surface area contributed by atoms with Gasteiger partial charge in [-0.15, -0.1) is 10.2 Å². The van der Waals surface area contributed by atoms with Crippen LogP contribution in [0.15, 0.2) is 18.2 Å². The summed E-state index contributed by atoms with van der Waals surface area (Å²) in [7, 11) is 13.8. The van der Waals surface area contributed by atoms with E-state index in [1.165, 1.54) is 31.4 Å². The van der Waals surface area contributed by atoms with Gasteiger partial charge < -0.3 is 20.1 Å². The van der Waals surface area contributed by atoms with E-state index in [4.69, 9.17) is 26.2 Å². The van der Waals surface area contributed by atoms with Crippen molar-refractivity contribution in [2.24, 2.45) is 17.8 Å². The largest absolute Gasteiger partial charge is 0.465 e. The Balaban J connectivity index is 0.000000205. The van der Waals surface area contributed by atoms with E-state index in [0.29, 0.717) is 12.0 Å². The van der Waals surface area contributed by atoms with Crippen molar-refractivity contribution in [2.75, 3.05) is 39.1 Å². The molecule has 1 aromatic heterocycles. The highest BCUT2D eigenvalue weighted by Crippen LogP contribution is 2.41. The first-order valence-electron chi connectivity index (χ1n) is 13.4. The number of carbonyl (C=O) groups excluding carboxylic acids is 1. The fraction of sp³-hybridized carbons (Fsp3) is 0.593. The number of aromatic nitrogens is 2. The van der Waals surface area contributed by atoms with Gasteiger partial charge >= 0.3 is 5.97 Å². The van der Waals surface area contributed by atoms with Crippen LogP contribution in [-0.2, 0) is 9.47 Å². The third-order valence-electron chi connectivity index (χ3n) is 7.66. The molecule has 7 nitrogen and oxygen atoms in total. The third kappa shape index (κ3) is 6.95. The first-order valence-corrected chi connectivity index (χ1v) is 13.4. The highest BCUT2D eigenvalue weighted by atomic mass is 19.2. The molecule has 2 unspecified atom stereocenters. The van der Waals surface area contributed by atoms with Gasteiger partial charge in [0.2, 0.25) is 0 Å². The van der Waals surface area contributed by atoms with Crippen LogP contribution in [0.2, 0.25) is 0 Å². The van der Waals surface area contributed by atoms with E-state index in [0.717, 1.165) is 58.1 Å². The van der Waals surface area contributed by atoms with E-state index in [1.54, 1.807) is 0 Å². The van der Waals surface area contributed by atoms with Gasteiger partial charge in [0.25, 0.3) is 0 Å². The van der Waals surface area contributed by atoms with Gasteiger partial charge in [0, 0.05) is 31.9 Å². The summed E-state index contributed by atoms with van der Waals surface area (Å²) in [6.07, 6.45) is 6.19. The maximum absolute atomic E-state index is 13.9. The van der Waals surface area contributed by atoms with Gasteiger partial charge in [-0.2, -0.15) is 0 Å². The molecule has 1 aliphatic carbocycles. The van der Waals surface area contributed by atoms with Crippen LogP contribution in [0.4, 0.5) is 19.0 Å². The zero-order valence-electron chi connectivity index (χ0n) is 22.8. The molecule has 1 aromatic carbocycles. The number of ether oxygens (including phenoxy) is 2. The van der Waals surface area contributed by atoms with Gasteiger partial charge in [0.15, 0.2) is 11.6 Å². The van der Waals surface area contributed by atoms with Crippen LogP contribution in [-0.4, -0.2) is 75.5 Å². The second kappa shape index (κ2) is 13.7. The quantitative estimate of drug-likeness (QED) is 0.354. The molecule has 3 aliphatic rings. The number of nitrogens with two attached hydrogens (primary N) is 1. The number of esters is 1. The van der Waals surface area contributed by atoms with E-state index >= 15 is 0 Å². The molecule has 0 spiro atoms. The molecule has 208 valence electrons. The second-order valence-electron chi connectivity index (χ2n) is 9.87. The van der Waals surface area contributed by atoms with Crippen molar-refractivity contribution in [3.8, 4) is 11.3 Å². The Morgan fingerprint density at radius 2 is 1.67 bits per heavy atom. The topological polar surface area (TPSA) is 90.6 Å². The van der Waals surface area contributed by atoms with E-state index in [9.17, 15) is 18.0 Å². The molecule has 3 heterocycles.